The Balaban J connectivity index is 2.02. The van der Waals surface area contributed by atoms with Gasteiger partial charge < -0.3 is 15.2 Å². The Labute approximate surface area is 139 Å². The van der Waals surface area contributed by atoms with Gasteiger partial charge in [-0.2, -0.15) is 5.10 Å². The van der Waals surface area contributed by atoms with Crippen LogP contribution in [0.3, 0.4) is 0 Å². The zero-order valence-corrected chi connectivity index (χ0v) is 13.8. The van der Waals surface area contributed by atoms with Gasteiger partial charge in [-0.15, -0.1) is 0 Å². The Bertz CT molecular complexity index is 729. The zero-order valence-electron chi connectivity index (χ0n) is 13.8. The van der Waals surface area contributed by atoms with Gasteiger partial charge in [0.25, 0.3) is 0 Å². The summed E-state index contributed by atoms with van der Waals surface area (Å²) in [6.45, 7) is 4.83. The molecule has 0 fully saturated rings. The number of hydrogen-bond acceptors (Lipinski definition) is 5. The summed E-state index contributed by atoms with van der Waals surface area (Å²) in [4.78, 5) is 27.7. The lowest BCUT2D eigenvalue weighted by atomic mass is 10.0. The van der Waals surface area contributed by atoms with Crippen LogP contribution in [0.1, 0.15) is 24.1 Å². The molecule has 8 nitrogen and oxygen atoms in total. The summed E-state index contributed by atoms with van der Waals surface area (Å²) in [7, 11) is 0. The lowest BCUT2D eigenvalue weighted by molar-refractivity contribution is -0.144. The number of benzene rings is 1. The molecule has 1 amide bonds. The first-order chi connectivity index (χ1) is 11.3. The SMILES string of the molecule is Cc1nc(C)n(CC(C)(NC(=O)OCc2ccccc2)C(=O)O)n1. The molecule has 0 aliphatic rings. The molecule has 1 heterocycles. The number of alkyl carbamates (subject to hydrolysis) is 1. The average Bonchev–Trinajstić information content (AvgIpc) is 2.83. The van der Waals surface area contributed by atoms with Gasteiger partial charge in [-0.1, -0.05) is 30.3 Å². The molecule has 0 aliphatic carbocycles. The molecule has 1 aromatic carbocycles. The Hall–Kier alpha value is -2.90. The maximum Gasteiger partial charge on any atom is 0.408 e. The van der Waals surface area contributed by atoms with Gasteiger partial charge in [-0.25, -0.2) is 19.3 Å². The van der Waals surface area contributed by atoms with Crippen LogP contribution in [0.4, 0.5) is 4.79 Å². The minimum Gasteiger partial charge on any atom is -0.479 e. The van der Waals surface area contributed by atoms with Gasteiger partial charge in [0.1, 0.15) is 18.3 Å². The van der Waals surface area contributed by atoms with E-state index in [-0.39, 0.29) is 13.2 Å². The van der Waals surface area contributed by atoms with E-state index in [2.05, 4.69) is 15.4 Å². The van der Waals surface area contributed by atoms with Crippen LogP contribution in [0.15, 0.2) is 30.3 Å². The number of aliphatic carboxylic acids is 1. The van der Waals surface area contributed by atoms with E-state index in [1.54, 1.807) is 13.8 Å². The summed E-state index contributed by atoms with van der Waals surface area (Å²) in [6, 6.07) is 9.13. The van der Waals surface area contributed by atoms with Crippen molar-refractivity contribution in [2.45, 2.75) is 39.5 Å². The fourth-order valence-electron chi connectivity index (χ4n) is 2.16. The number of amides is 1. The number of nitrogens with zero attached hydrogens (tertiary/aromatic N) is 3. The summed E-state index contributed by atoms with van der Waals surface area (Å²) < 4.78 is 6.53. The molecule has 1 atom stereocenters. The van der Waals surface area contributed by atoms with Crippen LogP contribution in [0, 0.1) is 13.8 Å². The predicted octanol–water partition coefficient (Wildman–Crippen LogP) is 1.66. The van der Waals surface area contributed by atoms with Crippen molar-refractivity contribution in [1.29, 1.82) is 0 Å². The van der Waals surface area contributed by atoms with E-state index in [1.807, 2.05) is 30.3 Å². The molecule has 0 saturated heterocycles. The van der Waals surface area contributed by atoms with E-state index in [0.29, 0.717) is 11.6 Å². The molecule has 2 N–H and O–H groups in total. The molecule has 2 rings (SSSR count). The van der Waals surface area contributed by atoms with Gasteiger partial charge in [0, 0.05) is 0 Å². The molecule has 0 saturated carbocycles. The summed E-state index contributed by atoms with van der Waals surface area (Å²) in [5.74, 6) is -0.0852. The number of carbonyl (C=O) groups excluding carboxylic acids is 1. The third-order valence-corrected chi connectivity index (χ3v) is 3.49. The zero-order chi connectivity index (χ0) is 17.7. The van der Waals surface area contributed by atoms with E-state index >= 15 is 0 Å². The van der Waals surface area contributed by atoms with Gasteiger partial charge in [0.2, 0.25) is 0 Å². The molecule has 128 valence electrons. The van der Waals surface area contributed by atoms with Crippen molar-refractivity contribution in [2.75, 3.05) is 0 Å². The van der Waals surface area contributed by atoms with Crippen molar-refractivity contribution in [3.63, 3.8) is 0 Å². The molecule has 0 spiro atoms. The van der Waals surface area contributed by atoms with E-state index in [1.165, 1.54) is 11.6 Å². The Morgan fingerprint density at radius 2 is 1.96 bits per heavy atom. The van der Waals surface area contributed by atoms with Crippen LogP contribution in [0.5, 0.6) is 0 Å². The minimum atomic E-state index is -1.57. The summed E-state index contributed by atoms with van der Waals surface area (Å²) >= 11 is 0. The van der Waals surface area contributed by atoms with Crippen LogP contribution in [-0.2, 0) is 22.7 Å². The van der Waals surface area contributed by atoms with Gasteiger partial charge in [-0.3, -0.25) is 0 Å². The smallest absolute Gasteiger partial charge is 0.408 e. The first-order valence-electron chi connectivity index (χ1n) is 7.40. The van der Waals surface area contributed by atoms with Crippen molar-refractivity contribution < 1.29 is 19.4 Å². The number of hydrogen-bond donors (Lipinski definition) is 2. The summed E-state index contributed by atoms with van der Waals surface area (Å²) in [6.07, 6.45) is -0.807. The van der Waals surface area contributed by atoms with Gasteiger partial charge in [0.05, 0.1) is 6.54 Å². The third-order valence-electron chi connectivity index (χ3n) is 3.49. The lowest BCUT2D eigenvalue weighted by Gasteiger charge is -2.26. The first kappa shape index (κ1) is 17.5. The van der Waals surface area contributed by atoms with Gasteiger partial charge in [0.15, 0.2) is 5.54 Å². The molecule has 1 aromatic heterocycles. The third kappa shape index (κ3) is 4.31. The molecular weight excluding hydrogens is 312 g/mol. The maximum atomic E-state index is 12.0. The average molecular weight is 332 g/mol. The fraction of sp³-hybridized carbons (Fsp3) is 0.375. The number of aryl methyl sites for hydroxylation is 2. The molecule has 0 bridgehead atoms. The normalized spacial score (nSPS) is 13.1. The molecule has 8 heteroatoms. The summed E-state index contributed by atoms with van der Waals surface area (Å²) in [5.41, 5.74) is -0.758. The summed E-state index contributed by atoms with van der Waals surface area (Å²) in [5, 5.41) is 16.0. The standard InChI is InChI=1S/C16H20N4O4/c1-11-17-12(2)20(19-11)10-16(3,14(21)22)18-15(23)24-9-13-7-5-4-6-8-13/h4-8H,9-10H2,1-3H3,(H,18,23)(H,21,22). The second-order valence-corrected chi connectivity index (χ2v) is 5.69. The van der Waals surface area contributed by atoms with Crippen LogP contribution in [0.2, 0.25) is 0 Å². The molecule has 2 aromatic rings. The Kier molecular flexibility index (Phi) is 5.18. The van der Waals surface area contributed by atoms with Crippen LogP contribution < -0.4 is 5.32 Å². The topological polar surface area (TPSA) is 106 Å². The van der Waals surface area contributed by atoms with E-state index in [4.69, 9.17) is 4.74 Å². The number of nitrogens with one attached hydrogen (secondary N) is 1. The molecule has 1 unspecified atom stereocenters. The van der Waals surface area contributed by atoms with Crippen LogP contribution >= 0.6 is 0 Å². The second-order valence-electron chi connectivity index (χ2n) is 5.69. The number of carbonyl (C=O) groups is 2. The largest absolute Gasteiger partial charge is 0.479 e. The van der Waals surface area contributed by atoms with E-state index < -0.39 is 17.6 Å². The number of carboxylic acids is 1. The molecule has 24 heavy (non-hydrogen) atoms. The minimum absolute atomic E-state index is 0.0594. The van der Waals surface area contributed by atoms with Crippen LogP contribution in [0.25, 0.3) is 0 Å². The number of rotatable bonds is 6. The Morgan fingerprint density at radius 3 is 2.50 bits per heavy atom. The van der Waals surface area contributed by atoms with E-state index in [0.717, 1.165) is 5.56 Å². The molecular formula is C16H20N4O4. The quantitative estimate of drug-likeness (QED) is 0.833. The van der Waals surface area contributed by atoms with Crippen LogP contribution in [-0.4, -0.2) is 37.5 Å². The first-order valence-corrected chi connectivity index (χ1v) is 7.40. The number of aromatic nitrogens is 3. The maximum absolute atomic E-state index is 12.0. The molecule has 0 radical (unpaired) electrons. The highest BCUT2D eigenvalue weighted by molar-refractivity contribution is 5.83. The predicted molar refractivity (Wildman–Crippen MR) is 85.3 cm³/mol. The highest BCUT2D eigenvalue weighted by Gasteiger charge is 2.37. The van der Waals surface area contributed by atoms with Crippen molar-refractivity contribution in [3.8, 4) is 0 Å². The Morgan fingerprint density at radius 1 is 1.29 bits per heavy atom. The van der Waals surface area contributed by atoms with Crippen molar-refractivity contribution in [2.24, 2.45) is 0 Å². The highest BCUT2D eigenvalue weighted by atomic mass is 16.5. The highest BCUT2D eigenvalue weighted by Crippen LogP contribution is 2.11. The monoisotopic (exact) mass is 332 g/mol. The lowest BCUT2D eigenvalue weighted by Crippen LogP contribution is -2.55. The van der Waals surface area contributed by atoms with E-state index in [9.17, 15) is 14.7 Å². The van der Waals surface area contributed by atoms with Crippen molar-refractivity contribution in [3.05, 3.63) is 47.5 Å². The second kappa shape index (κ2) is 7.12. The van der Waals surface area contributed by atoms with Gasteiger partial charge >= 0.3 is 12.1 Å². The van der Waals surface area contributed by atoms with Gasteiger partial charge in [-0.05, 0) is 26.3 Å². The number of ether oxygens (including phenoxy) is 1. The fourth-order valence-corrected chi connectivity index (χ4v) is 2.16. The number of carboxylic acid groups (broad SMARTS) is 1. The van der Waals surface area contributed by atoms with Crippen molar-refractivity contribution >= 4 is 12.1 Å². The van der Waals surface area contributed by atoms with Crippen molar-refractivity contribution in [1.82, 2.24) is 20.1 Å². The molecule has 0 aliphatic heterocycles.